The van der Waals surface area contributed by atoms with Crippen LogP contribution < -0.4 is 4.74 Å². The molecule has 0 radical (unpaired) electrons. The number of benzene rings is 2. The zero-order valence-electron chi connectivity index (χ0n) is 10.7. The van der Waals surface area contributed by atoms with Crippen molar-refractivity contribution in [2.45, 2.75) is 13.5 Å². The highest BCUT2D eigenvalue weighted by Crippen LogP contribution is 2.30. The lowest BCUT2D eigenvalue weighted by Gasteiger charge is -2.12. The van der Waals surface area contributed by atoms with Crippen LogP contribution in [0.4, 0.5) is 4.39 Å². The molecule has 3 nitrogen and oxygen atoms in total. The molecule has 0 heterocycles. The Kier molecular flexibility index (Phi) is 4.39. The lowest BCUT2D eigenvalue weighted by molar-refractivity contribution is 0.0691. The Labute approximate surface area is 124 Å². The number of carboxylic acid groups (broad SMARTS) is 1. The minimum atomic E-state index is -1.07. The van der Waals surface area contributed by atoms with Gasteiger partial charge in [0.15, 0.2) is 0 Å². The molecule has 0 saturated heterocycles. The summed E-state index contributed by atoms with van der Waals surface area (Å²) in [6.45, 7) is 1.95. The molecular weight excluding hydrogens is 327 g/mol. The van der Waals surface area contributed by atoms with Crippen LogP contribution in [0.1, 0.15) is 21.5 Å². The van der Waals surface area contributed by atoms with Crippen molar-refractivity contribution in [2.75, 3.05) is 0 Å². The summed E-state index contributed by atoms with van der Waals surface area (Å²) in [5.41, 5.74) is 1.63. The van der Waals surface area contributed by atoms with E-state index in [1.54, 1.807) is 18.2 Å². The van der Waals surface area contributed by atoms with Gasteiger partial charge in [-0.3, -0.25) is 0 Å². The number of ether oxygens (including phenoxy) is 1. The Hall–Kier alpha value is -1.88. The lowest BCUT2D eigenvalue weighted by Crippen LogP contribution is -2.05. The van der Waals surface area contributed by atoms with Crippen LogP contribution in [-0.4, -0.2) is 11.1 Å². The monoisotopic (exact) mass is 338 g/mol. The topological polar surface area (TPSA) is 46.5 Å². The fourth-order valence-corrected chi connectivity index (χ4v) is 2.25. The van der Waals surface area contributed by atoms with Gasteiger partial charge in [-0.25, -0.2) is 9.18 Å². The van der Waals surface area contributed by atoms with Crippen LogP contribution in [0.15, 0.2) is 40.9 Å². The van der Waals surface area contributed by atoms with Crippen LogP contribution in [0, 0.1) is 12.7 Å². The van der Waals surface area contributed by atoms with E-state index in [9.17, 15) is 9.18 Å². The number of hydrogen-bond acceptors (Lipinski definition) is 2. The SMILES string of the molecule is Cc1ccc(F)cc1COc1c(Br)cccc1C(=O)O. The van der Waals surface area contributed by atoms with Gasteiger partial charge in [0.2, 0.25) is 0 Å². The summed E-state index contributed by atoms with van der Waals surface area (Å²) in [5, 5.41) is 9.13. The molecule has 2 aromatic carbocycles. The first-order valence-corrected chi connectivity index (χ1v) is 6.68. The van der Waals surface area contributed by atoms with Gasteiger partial charge in [0.1, 0.15) is 23.7 Å². The third kappa shape index (κ3) is 3.17. The molecule has 0 aliphatic heterocycles. The molecule has 5 heteroatoms. The Morgan fingerprint density at radius 1 is 1.35 bits per heavy atom. The van der Waals surface area contributed by atoms with Gasteiger partial charge in [0, 0.05) is 0 Å². The van der Waals surface area contributed by atoms with Gasteiger partial charge in [-0.15, -0.1) is 0 Å². The van der Waals surface area contributed by atoms with Crippen molar-refractivity contribution in [1.82, 2.24) is 0 Å². The van der Waals surface area contributed by atoms with Crippen molar-refractivity contribution in [3.05, 3.63) is 63.4 Å². The molecule has 0 saturated carbocycles. The number of para-hydroxylation sites is 1. The van der Waals surface area contributed by atoms with Crippen molar-refractivity contribution < 1.29 is 19.0 Å². The quantitative estimate of drug-likeness (QED) is 0.909. The third-order valence-corrected chi connectivity index (χ3v) is 3.51. The minimum Gasteiger partial charge on any atom is -0.487 e. The van der Waals surface area contributed by atoms with E-state index in [4.69, 9.17) is 9.84 Å². The van der Waals surface area contributed by atoms with Gasteiger partial charge >= 0.3 is 5.97 Å². The highest BCUT2D eigenvalue weighted by molar-refractivity contribution is 9.10. The van der Waals surface area contributed by atoms with Crippen molar-refractivity contribution >= 4 is 21.9 Å². The van der Waals surface area contributed by atoms with E-state index in [1.807, 2.05) is 6.92 Å². The molecule has 0 fully saturated rings. The van der Waals surface area contributed by atoms with E-state index in [0.29, 0.717) is 10.0 Å². The molecule has 1 N–H and O–H groups in total. The third-order valence-electron chi connectivity index (χ3n) is 2.88. The van der Waals surface area contributed by atoms with Crippen LogP contribution in [0.3, 0.4) is 0 Å². The summed E-state index contributed by atoms with van der Waals surface area (Å²) in [7, 11) is 0. The van der Waals surface area contributed by atoms with Gasteiger partial charge < -0.3 is 9.84 Å². The van der Waals surface area contributed by atoms with Crippen molar-refractivity contribution in [3.8, 4) is 5.75 Å². The predicted molar refractivity (Wildman–Crippen MR) is 76.6 cm³/mol. The fraction of sp³-hybridized carbons (Fsp3) is 0.133. The maximum Gasteiger partial charge on any atom is 0.339 e. The Balaban J connectivity index is 2.27. The number of carbonyl (C=O) groups is 1. The average Bonchev–Trinajstić information content (AvgIpc) is 2.40. The Bertz CT molecular complexity index is 656. The molecule has 0 unspecified atom stereocenters. The van der Waals surface area contributed by atoms with E-state index in [0.717, 1.165) is 5.56 Å². The second kappa shape index (κ2) is 6.05. The Morgan fingerprint density at radius 3 is 2.80 bits per heavy atom. The molecule has 0 aliphatic carbocycles. The highest BCUT2D eigenvalue weighted by atomic mass is 79.9. The number of rotatable bonds is 4. The van der Waals surface area contributed by atoms with E-state index in [1.165, 1.54) is 18.2 Å². The van der Waals surface area contributed by atoms with E-state index >= 15 is 0 Å². The van der Waals surface area contributed by atoms with E-state index in [-0.39, 0.29) is 23.7 Å². The predicted octanol–water partition coefficient (Wildman–Crippen LogP) is 4.17. The highest BCUT2D eigenvalue weighted by Gasteiger charge is 2.14. The number of aryl methyl sites for hydroxylation is 1. The van der Waals surface area contributed by atoms with Gasteiger partial charge in [-0.2, -0.15) is 0 Å². The largest absolute Gasteiger partial charge is 0.487 e. The first-order valence-electron chi connectivity index (χ1n) is 5.88. The summed E-state index contributed by atoms with van der Waals surface area (Å²) in [4.78, 5) is 11.1. The summed E-state index contributed by atoms with van der Waals surface area (Å²) in [6, 6.07) is 9.19. The standard InChI is InChI=1S/C15H12BrFO3/c1-9-5-6-11(17)7-10(9)8-20-14-12(15(18)19)3-2-4-13(14)16/h2-7H,8H2,1H3,(H,18,19). The molecule has 0 aliphatic rings. The number of halogens is 2. The molecular formula is C15H12BrFO3. The summed E-state index contributed by atoms with van der Waals surface area (Å²) >= 11 is 3.26. The van der Waals surface area contributed by atoms with Gasteiger partial charge in [0.05, 0.1) is 4.47 Å². The number of hydrogen-bond donors (Lipinski definition) is 1. The van der Waals surface area contributed by atoms with Gasteiger partial charge in [-0.05, 0) is 58.2 Å². The van der Waals surface area contributed by atoms with Gasteiger partial charge in [0.25, 0.3) is 0 Å². The first-order chi connectivity index (χ1) is 9.49. The second-order valence-electron chi connectivity index (χ2n) is 4.28. The zero-order valence-corrected chi connectivity index (χ0v) is 12.3. The lowest BCUT2D eigenvalue weighted by atomic mass is 10.1. The minimum absolute atomic E-state index is 0.0634. The molecule has 0 atom stereocenters. The molecule has 104 valence electrons. The molecule has 0 amide bonds. The van der Waals surface area contributed by atoms with Crippen molar-refractivity contribution in [2.24, 2.45) is 0 Å². The Morgan fingerprint density at radius 2 is 2.10 bits per heavy atom. The average molecular weight is 339 g/mol. The fourth-order valence-electron chi connectivity index (χ4n) is 1.77. The molecule has 0 aromatic heterocycles. The van der Waals surface area contributed by atoms with Crippen LogP contribution in [0.2, 0.25) is 0 Å². The van der Waals surface area contributed by atoms with Crippen molar-refractivity contribution in [1.29, 1.82) is 0 Å². The molecule has 2 rings (SSSR count). The molecule has 2 aromatic rings. The summed E-state index contributed by atoms with van der Waals surface area (Å²) in [6.07, 6.45) is 0. The van der Waals surface area contributed by atoms with E-state index < -0.39 is 5.97 Å². The van der Waals surface area contributed by atoms with Gasteiger partial charge in [-0.1, -0.05) is 12.1 Å². The first kappa shape index (κ1) is 14.5. The van der Waals surface area contributed by atoms with Crippen LogP contribution in [0.25, 0.3) is 0 Å². The van der Waals surface area contributed by atoms with Crippen LogP contribution in [-0.2, 0) is 6.61 Å². The van der Waals surface area contributed by atoms with Crippen LogP contribution in [0.5, 0.6) is 5.75 Å². The maximum absolute atomic E-state index is 13.2. The summed E-state index contributed by atoms with van der Waals surface area (Å²) < 4.78 is 19.3. The molecule has 0 bridgehead atoms. The summed E-state index contributed by atoms with van der Waals surface area (Å²) in [5.74, 6) is -1.18. The number of aromatic carboxylic acids is 1. The van der Waals surface area contributed by atoms with E-state index in [2.05, 4.69) is 15.9 Å². The second-order valence-corrected chi connectivity index (χ2v) is 5.14. The molecule has 0 spiro atoms. The smallest absolute Gasteiger partial charge is 0.339 e. The van der Waals surface area contributed by atoms with Crippen molar-refractivity contribution in [3.63, 3.8) is 0 Å². The maximum atomic E-state index is 13.2. The number of carboxylic acids is 1. The normalized spacial score (nSPS) is 10.3. The molecule has 20 heavy (non-hydrogen) atoms. The van der Waals surface area contributed by atoms with Crippen LogP contribution >= 0.6 is 15.9 Å². The zero-order chi connectivity index (χ0) is 14.7.